The van der Waals surface area contributed by atoms with Gasteiger partial charge in [0.05, 0.1) is 10.8 Å². The summed E-state index contributed by atoms with van der Waals surface area (Å²) in [7, 11) is 0. The maximum Gasteiger partial charge on any atom is 0.233 e. The monoisotopic (exact) mass is 490 g/mol. The van der Waals surface area contributed by atoms with Crippen LogP contribution in [0.25, 0.3) is 17.1 Å². The second-order valence-electron chi connectivity index (χ2n) is 7.83. The zero-order valence-electron chi connectivity index (χ0n) is 18.4. The molecule has 0 N–H and O–H groups in total. The van der Waals surface area contributed by atoms with E-state index in [1.807, 2.05) is 82.3 Å². The van der Waals surface area contributed by atoms with Crippen LogP contribution in [0.15, 0.2) is 84.1 Å². The van der Waals surface area contributed by atoms with Gasteiger partial charge < -0.3 is 9.80 Å². The Labute approximate surface area is 207 Å². The van der Waals surface area contributed by atoms with Crippen LogP contribution in [-0.2, 0) is 4.79 Å². The molecule has 34 heavy (non-hydrogen) atoms. The van der Waals surface area contributed by atoms with Gasteiger partial charge in [-0.05, 0) is 24.3 Å². The summed E-state index contributed by atoms with van der Waals surface area (Å²) >= 11 is 7.36. The zero-order valence-corrected chi connectivity index (χ0v) is 20.0. The molecule has 0 radical (unpaired) electrons. The molecule has 2 aromatic heterocycles. The molecule has 0 bridgehead atoms. The van der Waals surface area contributed by atoms with E-state index in [1.54, 1.807) is 6.20 Å². The number of benzene rings is 2. The second kappa shape index (κ2) is 10.3. The van der Waals surface area contributed by atoms with E-state index in [9.17, 15) is 4.79 Å². The number of thioether (sulfide) groups is 1. The van der Waals surface area contributed by atoms with Crippen LogP contribution < -0.4 is 4.90 Å². The van der Waals surface area contributed by atoms with Gasteiger partial charge in [-0.1, -0.05) is 71.9 Å². The lowest BCUT2D eigenvalue weighted by Crippen LogP contribution is -2.49. The molecule has 0 spiro atoms. The smallest absolute Gasteiger partial charge is 0.233 e. The number of hydrogen-bond donors (Lipinski definition) is 0. The second-order valence-corrected chi connectivity index (χ2v) is 9.21. The highest BCUT2D eigenvalue weighted by atomic mass is 35.5. The molecule has 1 amide bonds. The Morgan fingerprint density at radius 3 is 2.26 bits per heavy atom. The first-order valence-corrected chi connectivity index (χ1v) is 12.4. The van der Waals surface area contributed by atoms with Crippen molar-refractivity contribution < 1.29 is 4.79 Å². The number of carbonyl (C=O) groups is 1. The minimum absolute atomic E-state index is 0.0950. The number of nitrogens with zero attached hydrogens (tertiary/aromatic N) is 6. The van der Waals surface area contributed by atoms with Crippen molar-refractivity contribution in [1.29, 1.82) is 0 Å². The fourth-order valence-electron chi connectivity index (χ4n) is 3.91. The van der Waals surface area contributed by atoms with Gasteiger partial charge in [0.1, 0.15) is 5.82 Å². The predicted octanol–water partition coefficient (Wildman–Crippen LogP) is 4.42. The summed E-state index contributed by atoms with van der Waals surface area (Å²) in [6.07, 6.45) is 1.65. The normalized spacial score (nSPS) is 13.8. The number of rotatable bonds is 6. The Balaban J connectivity index is 1.27. The van der Waals surface area contributed by atoms with Crippen molar-refractivity contribution in [3.63, 3.8) is 0 Å². The van der Waals surface area contributed by atoms with Gasteiger partial charge in [-0.3, -0.25) is 9.36 Å². The van der Waals surface area contributed by atoms with Crippen molar-refractivity contribution in [3.05, 3.63) is 84.0 Å². The number of hydrogen-bond acceptors (Lipinski definition) is 6. The van der Waals surface area contributed by atoms with Crippen LogP contribution in [0, 0.1) is 0 Å². The van der Waals surface area contributed by atoms with E-state index in [1.165, 1.54) is 11.8 Å². The van der Waals surface area contributed by atoms with Crippen LogP contribution in [0.4, 0.5) is 5.82 Å². The molecule has 0 saturated carbocycles. The molecule has 1 fully saturated rings. The lowest BCUT2D eigenvalue weighted by Gasteiger charge is -2.35. The van der Waals surface area contributed by atoms with Gasteiger partial charge in [0, 0.05) is 43.6 Å². The van der Waals surface area contributed by atoms with Gasteiger partial charge in [-0.2, -0.15) is 0 Å². The third-order valence-corrected chi connectivity index (χ3v) is 6.81. The largest absolute Gasteiger partial charge is 0.353 e. The van der Waals surface area contributed by atoms with Crippen molar-refractivity contribution >= 4 is 35.1 Å². The molecule has 3 heterocycles. The van der Waals surface area contributed by atoms with Crippen LogP contribution in [0.1, 0.15) is 0 Å². The first-order chi connectivity index (χ1) is 16.7. The lowest BCUT2D eigenvalue weighted by atomic mass is 10.2. The number of para-hydroxylation sites is 1. The van der Waals surface area contributed by atoms with E-state index in [0.29, 0.717) is 29.0 Å². The number of piperazine rings is 1. The van der Waals surface area contributed by atoms with Gasteiger partial charge in [-0.25, -0.2) is 4.98 Å². The summed E-state index contributed by atoms with van der Waals surface area (Å²) in [6, 6.07) is 23.7. The number of pyridine rings is 1. The highest BCUT2D eigenvalue weighted by Gasteiger charge is 2.23. The van der Waals surface area contributed by atoms with Crippen LogP contribution in [-0.4, -0.2) is 62.5 Å². The number of halogens is 1. The molecule has 2 aromatic carbocycles. The van der Waals surface area contributed by atoms with E-state index >= 15 is 0 Å². The Morgan fingerprint density at radius 2 is 1.59 bits per heavy atom. The first kappa shape index (κ1) is 22.4. The van der Waals surface area contributed by atoms with Gasteiger partial charge in [0.15, 0.2) is 11.0 Å². The van der Waals surface area contributed by atoms with Gasteiger partial charge in [0.25, 0.3) is 0 Å². The van der Waals surface area contributed by atoms with Crippen LogP contribution in [0.2, 0.25) is 5.02 Å². The third-order valence-electron chi connectivity index (χ3n) is 5.67. The molecule has 172 valence electrons. The minimum atomic E-state index is 0.0950. The minimum Gasteiger partial charge on any atom is -0.353 e. The van der Waals surface area contributed by atoms with Gasteiger partial charge >= 0.3 is 0 Å². The predicted molar refractivity (Wildman–Crippen MR) is 136 cm³/mol. The molecular weight excluding hydrogens is 468 g/mol. The SMILES string of the molecule is O=C(CSc1nnc(-c2ccccc2)n1-c1ccccc1)N1CCN(c2ccc(Cl)cn2)CC1. The number of aromatic nitrogens is 4. The van der Waals surface area contributed by atoms with Gasteiger partial charge in [0.2, 0.25) is 5.91 Å². The Hall–Kier alpha value is -3.36. The summed E-state index contributed by atoms with van der Waals surface area (Å²) in [5.74, 6) is 2.04. The number of anilines is 1. The maximum atomic E-state index is 13.0. The quantitative estimate of drug-likeness (QED) is 0.373. The van der Waals surface area contributed by atoms with E-state index in [0.717, 1.165) is 36.0 Å². The summed E-state index contributed by atoms with van der Waals surface area (Å²) in [6.45, 7) is 2.79. The molecule has 0 aliphatic carbocycles. The van der Waals surface area contributed by atoms with Crippen LogP contribution in [0.3, 0.4) is 0 Å². The average molecular weight is 491 g/mol. The molecule has 1 aliphatic heterocycles. The molecule has 4 aromatic rings. The zero-order chi connectivity index (χ0) is 23.3. The van der Waals surface area contributed by atoms with E-state index in [4.69, 9.17) is 11.6 Å². The van der Waals surface area contributed by atoms with E-state index in [-0.39, 0.29) is 5.91 Å². The highest BCUT2D eigenvalue weighted by molar-refractivity contribution is 7.99. The Kier molecular flexibility index (Phi) is 6.78. The van der Waals surface area contributed by atoms with Crippen molar-refractivity contribution in [2.75, 3.05) is 36.8 Å². The molecular formula is C25H23ClN6OS. The first-order valence-electron chi connectivity index (χ1n) is 11.0. The number of amides is 1. The van der Waals surface area contributed by atoms with Crippen molar-refractivity contribution in [2.45, 2.75) is 5.16 Å². The molecule has 1 aliphatic rings. The molecule has 5 rings (SSSR count). The maximum absolute atomic E-state index is 13.0. The highest BCUT2D eigenvalue weighted by Crippen LogP contribution is 2.28. The summed E-state index contributed by atoms with van der Waals surface area (Å²) in [4.78, 5) is 21.4. The van der Waals surface area contributed by atoms with E-state index < -0.39 is 0 Å². The van der Waals surface area contributed by atoms with Gasteiger partial charge in [-0.15, -0.1) is 10.2 Å². The van der Waals surface area contributed by atoms with Crippen molar-refractivity contribution in [1.82, 2.24) is 24.6 Å². The molecule has 9 heteroatoms. The van der Waals surface area contributed by atoms with Crippen molar-refractivity contribution in [2.24, 2.45) is 0 Å². The summed E-state index contributed by atoms with van der Waals surface area (Å²) < 4.78 is 2.01. The topological polar surface area (TPSA) is 67.2 Å². The van der Waals surface area contributed by atoms with Crippen molar-refractivity contribution in [3.8, 4) is 17.1 Å². The van der Waals surface area contributed by atoms with E-state index in [2.05, 4.69) is 20.1 Å². The molecule has 1 saturated heterocycles. The van der Waals surface area contributed by atoms with Crippen LogP contribution >= 0.6 is 23.4 Å². The summed E-state index contributed by atoms with van der Waals surface area (Å²) in [5, 5.41) is 10.2. The summed E-state index contributed by atoms with van der Waals surface area (Å²) in [5.41, 5.74) is 1.94. The average Bonchev–Trinajstić information content (AvgIpc) is 3.33. The number of carbonyl (C=O) groups excluding carboxylic acids is 1. The van der Waals surface area contributed by atoms with Crippen LogP contribution in [0.5, 0.6) is 0 Å². The Morgan fingerprint density at radius 1 is 0.882 bits per heavy atom. The Bertz CT molecular complexity index is 1240. The standard InChI is InChI=1S/C25H23ClN6OS/c26-20-11-12-22(27-17-20)30-13-15-31(16-14-30)23(33)18-34-25-29-28-24(19-7-3-1-4-8-19)32(25)21-9-5-2-6-10-21/h1-12,17H,13-16,18H2. The fourth-order valence-corrected chi connectivity index (χ4v) is 4.87. The third kappa shape index (κ3) is 4.93. The lowest BCUT2D eigenvalue weighted by molar-refractivity contribution is -0.128. The molecule has 0 unspecified atom stereocenters. The molecule has 0 atom stereocenters. The fraction of sp³-hybridized carbons (Fsp3) is 0.200. The molecule has 7 nitrogen and oxygen atoms in total.